The number of halogens is 6. The number of thiazole rings is 1. The van der Waals surface area contributed by atoms with E-state index in [0.717, 1.165) is 22.0 Å². The van der Waals surface area contributed by atoms with Crippen LogP contribution in [0.5, 0.6) is 0 Å². The first kappa shape index (κ1) is 26.2. The molecule has 3 aromatic rings. The maximum absolute atomic E-state index is 13.2. The number of amides is 1. The quantitative estimate of drug-likeness (QED) is 0.380. The molecular formula is C24H21F6N5O2S. The lowest BCUT2D eigenvalue weighted by Crippen LogP contribution is -2.40. The minimum Gasteiger partial charge on any atom is -0.387 e. The molecule has 1 unspecified atom stereocenters. The van der Waals surface area contributed by atoms with Crippen LogP contribution in [0.15, 0.2) is 46.9 Å². The summed E-state index contributed by atoms with van der Waals surface area (Å²) in [7, 11) is 0. The molecule has 2 aliphatic heterocycles. The molecule has 4 heterocycles. The van der Waals surface area contributed by atoms with Gasteiger partial charge in [0.25, 0.3) is 0 Å². The first-order chi connectivity index (χ1) is 18.0. The molecule has 7 nitrogen and oxygen atoms in total. The van der Waals surface area contributed by atoms with Gasteiger partial charge in [-0.3, -0.25) is 9.48 Å². The van der Waals surface area contributed by atoms with Crippen LogP contribution in [0.4, 0.5) is 26.3 Å². The van der Waals surface area contributed by atoms with Gasteiger partial charge in [0, 0.05) is 36.9 Å². The summed E-state index contributed by atoms with van der Waals surface area (Å²) < 4.78 is 78.5. The second-order valence-corrected chi connectivity index (χ2v) is 9.93. The van der Waals surface area contributed by atoms with Gasteiger partial charge in [0.1, 0.15) is 18.0 Å². The number of carbonyl (C=O) groups excluding carboxylic acids is 1. The average molecular weight is 558 g/mol. The van der Waals surface area contributed by atoms with Crippen molar-refractivity contribution in [2.24, 2.45) is 5.16 Å². The second-order valence-electron chi connectivity index (χ2n) is 9.04. The molecule has 1 amide bonds. The Balaban J connectivity index is 1.18. The van der Waals surface area contributed by atoms with E-state index in [1.54, 1.807) is 0 Å². The van der Waals surface area contributed by atoms with E-state index < -0.39 is 36.2 Å². The monoisotopic (exact) mass is 557 g/mol. The molecule has 0 spiro atoms. The third kappa shape index (κ3) is 5.54. The van der Waals surface area contributed by atoms with Crippen molar-refractivity contribution >= 4 is 23.0 Å². The minimum absolute atomic E-state index is 0.0397. The number of hydrogen-bond acceptors (Lipinski definition) is 6. The van der Waals surface area contributed by atoms with Crippen LogP contribution in [0, 0.1) is 0 Å². The summed E-state index contributed by atoms with van der Waals surface area (Å²) in [5.41, 5.74) is -0.821. The number of benzene rings is 1. The van der Waals surface area contributed by atoms with Crippen molar-refractivity contribution in [1.29, 1.82) is 0 Å². The highest BCUT2D eigenvalue weighted by Gasteiger charge is 2.42. The number of nitrogens with zero attached hydrogens (tertiary/aromatic N) is 5. The summed E-state index contributed by atoms with van der Waals surface area (Å²) >= 11 is 1.47. The molecule has 0 saturated carbocycles. The second kappa shape index (κ2) is 10.0. The zero-order valence-corrected chi connectivity index (χ0v) is 20.5. The molecule has 202 valence electrons. The zero-order valence-electron chi connectivity index (χ0n) is 19.7. The Morgan fingerprint density at radius 3 is 2.42 bits per heavy atom. The van der Waals surface area contributed by atoms with Crippen LogP contribution in [0.25, 0.3) is 0 Å². The van der Waals surface area contributed by atoms with Gasteiger partial charge in [0.05, 0.1) is 10.7 Å². The van der Waals surface area contributed by atoms with Crippen molar-refractivity contribution in [3.8, 4) is 0 Å². The van der Waals surface area contributed by atoms with Crippen LogP contribution >= 0.6 is 11.3 Å². The van der Waals surface area contributed by atoms with Crippen LogP contribution in [-0.2, 0) is 28.5 Å². The molecule has 2 aromatic heterocycles. The summed E-state index contributed by atoms with van der Waals surface area (Å²) in [6.07, 6.45) is -8.69. The van der Waals surface area contributed by atoms with Gasteiger partial charge < -0.3 is 9.74 Å². The number of rotatable bonds is 5. The molecule has 38 heavy (non-hydrogen) atoms. The van der Waals surface area contributed by atoms with E-state index in [9.17, 15) is 31.1 Å². The third-order valence-corrected chi connectivity index (χ3v) is 7.51. The fourth-order valence-electron chi connectivity index (χ4n) is 4.49. The number of aromatic nitrogens is 3. The Morgan fingerprint density at radius 1 is 1.05 bits per heavy atom. The van der Waals surface area contributed by atoms with Crippen LogP contribution in [-0.4, -0.2) is 44.4 Å². The van der Waals surface area contributed by atoms with E-state index in [1.807, 2.05) is 35.7 Å². The summed E-state index contributed by atoms with van der Waals surface area (Å²) in [5, 5.41) is 9.95. The Hall–Kier alpha value is -3.42. The molecule has 14 heteroatoms. The molecule has 0 aliphatic carbocycles. The average Bonchev–Trinajstić information content (AvgIpc) is 3.63. The van der Waals surface area contributed by atoms with Gasteiger partial charge in [-0.15, -0.1) is 11.3 Å². The number of likely N-dealkylation sites (tertiary alicyclic amines) is 1. The van der Waals surface area contributed by atoms with Crippen LogP contribution < -0.4 is 0 Å². The summed E-state index contributed by atoms with van der Waals surface area (Å²) in [6, 6.07) is 9.64. The van der Waals surface area contributed by atoms with E-state index in [4.69, 9.17) is 9.82 Å². The lowest BCUT2D eigenvalue weighted by atomic mass is 9.97. The third-order valence-electron chi connectivity index (χ3n) is 6.50. The van der Waals surface area contributed by atoms with Gasteiger partial charge in [0.15, 0.2) is 11.8 Å². The van der Waals surface area contributed by atoms with Gasteiger partial charge in [-0.05, 0) is 18.4 Å². The molecule has 1 saturated heterocycles. The minimum atomic E-state index is -5.08. The van der Waals surface area contributed by atoms with Gasteiger partial charge in [-0.25, -0.2) is 4.98 Å². The summed E-state index contributed by atoms with van der Waals surface area (Å²) in [5.74, 6) is -0.687. The Labute approximate surface area is 216 Å². The zero-order chi connectivity index (χ0) is 27.1. The predicted molar refractivity (Wildman–Crippen MR) is 124 cm³/mol. The number of alkyl halides is 6. The lowest BCUT2D eigenvalue weighted by Gasteiger charge is -2.31. The molecular weight excluding hydrogens is 536 g/mol. The molecule has 1 fully saturated rings. The summed E-state index contributed by atoms with van der Waals surface area (Å²) in [4.78, 5) is 24.3. The first-order valence-corrected chi connectivity index (χ1v) is 12.6. The van der Waals surface area contributed by atoms with Crippen molar-refractivity contribution < 1.29 is 36.0 Å². The maximum atomic E-state index is 13.2. The van der Waals surface area contributed by atoms with Gasteiger partial charge >= 0.3 is 12.4 Å². The van der Waals surface area contributed by atoms with Crippen molar-refractivity contribution in [1.82, 2.24) is 19.7 Å². The first-order valence-electron chi connectivity index (χ1n) is 11.7. The Bertz CT molecular complexity index is 1330. The normalized spacial score (nSPS) is 18.9. The van der Waals surface area contributed by atoms with Crippen LogP contribution in [0.2, 0.25) is 0 Å². The highest BCUT2D eigenvalue weighted by molar-refractivity contribution is 7.10. The molecule has 0 N–H and O–H groups in total. The van der Waals surface area contributed by atoms with Gasteiger partial charge in [-0.1, -0.05) is 35.5 Å². The molecule has 1 atom stereocenters. The smallest absolute Gasteiger partial charge is 0.387 e. The van der Waals surface area contributed by atoms with Gasteiger partial charge in [0.2, 0.25) is 5.91 Å². The van der Waals surface area contributed by atoms with Crippen LogP contribution in [0.3, 0.4) is 0 Å². The number of hydrogen-bond donors (Lipinski definition) is 0. The highest BCUT2D eigenvalue weighted by Crippen LogP contribution is 2.36. The molecule has 0 bridgehead atoms. The van der Waals surface area contributed by atoms with E-state index in [2.05, 4.69) is 10.3 Å². The van der Waals surface area contributed by atoms with Crippen molar-refractivity contribution in [2.45, 2.75) is 50.2 Å². The SMILES string of the molecule is O=C(Cn1nc(C(F)(F)F)cc1C(F)(F)F)N1CCC(c2nc(C3=NOC(c4ccccc4)C3)cs2)CC1. The Morgan fingerprint density at radius 2 is 1.76 bits per heavy atom. The summed E-state index contributed by atoms with van der Waals surface area (Å²) in [6.45, 7) is -0.444. The molecule has 0 radical (unpaired) electrons. The van der Waals surface area contributed by atoms with Crippen LogP contribution in [0.1, 0.15) is 58.9 Å². The molecule has 1 aromatic carbocycles. The molecule has 5 rings (SSSR count). The van der Waals surface area contributed by atoms with Crippen molar-refractivity contribution in [2.75, 3.05) is 13.1 Å². The number of carbonyl (C=O) groups is 1. The number of piperidine rings is 1. The highest BCUT2D eigenvalue weighted by atomic mass is 32.1. The predicted octanol–water partition coefficient (Wildman–Crippen LogP) is 5.65. The van der Waals surface area contributed by atoms with E-state index in [-0.39, 0.29) is 35.9 Å². The fraction of sp³-hybridized carbons (Fsp3) is 0.417. The topological polar surface area (TPSA) is 72.6 Å². The van der Waals surface area contributed by atoms with E-state index in [1.165, 1.54) is 16.2 Å². The van der Waals surface area contributed by atoms with Gasteiger partial charge in [-0.2, -0.15) is 31.4 Å². The molecule has 2 aliphatic rings. The largest absolute Gasteiger partial charge is 0.435 e. The van der Waals surface area contributed by atoms with E-state index >= 15 is 0 Å². The maximum Gasteiger partial charge on any atom is 0.435 e. The fourth-order valence-corrected chi connectivity index (χ4v) is 5.49. The standard InChI is InChI=1S/C24H21F6N5O2S/c25-23(26,27)19-11-20(24(28,29)30)35(32-19)12-21(36)34-8-6-15(7-9-34)22-31-17(13-38-22)16-10-18(37-33-16)14-4-2-1-3-5-14/h1-5,11,13,15,18H,6-10,12H2. The lowest BCUT2D eigenvalue weighted by molar-refractivity contribution is -0.146. The van der Waals surface area contributed by atoms with E-state index in [0.29, 0.717) is 19.3 Å². The van der Waals surface area contributed by atoms with Crippen molar-refractivity contribution in [3.63, 3.8) is 0 Å². The Kier molecular flexibility index (Phi) is 6.92. The number of oxime groups is 1. The van der Waals surface area contributed by atoms with Crippen molar-refractivity contribution in [3.05, 3.63) is 69.4 Å².